The highest BCUT2D eigenvalue weighted by molar-refractivity contribution is 6.05. The number of aliphatic carboxylic acids is 1. The maximum Gasteiger partial charge on any atom is 0.311 e. The van der Waals surface area contributed by atoms with Gasteiger partial charge >= 0.3 is 5.97 Å². The highest BCUT2D eigenvalue weighted by Crippen LogP contribution is 2.24. The zero-order valence-corrected chi connectivity index (χ0v) is 7.91. The minimum absolute atomic E-state index is 0.625. The molecule has 0 aliphatic rings. The van der Waals surface area contributed by atoms with Gasteiger partial charge in [0.25, 0.3) is 6.43 Å². The summed E-state index contributed by atoms with van der Waals surface area (Å²) in [7, 11) is 0. The van der Waals surface area contributed by atoms with Gasteiger partial charge in [0, 0.05) is 0 Å². The molecule has 1 aromatic rings. The van der Waals surface area contributed by atoms with Crippen molar-refractivity contribution < 1.29 is 27.9 Å². The lowest BCUT2D eigenvalue weighted by atomic mass is 10.0. The van der Waals surface area contributed by atoms with Gasteiger partial charge in [0.2, 0.25) is 0 Å². The number of halogens is 3. The van der Waals surface area contributed by atoms with Gasteiger partial charge in [-0.2, -0.15) is 0 Å². The predicted molar refractivity (Wildman–Crippen MR) is 47.9 cm³/mol. The van der Waals surface area contributed by atoms with Crippen LogP contribution in [0.3, 0.4) is 0 Å². The fourth-order valence-electron chi connectivity index (χ4n) is 1.17. The SMILES string of the molecule is O=C(O)CC(=O)c1cccc(C(F)F)c1F. The van der Waals surface area contributed by atoms with Gasteiger partial charge in [0.15, 0.2) is 5.78 Å². The molecule has 1 rings (SSSR count). The van der Waals surface area contributed by atoms with Crippen LogP contribution in [-0.4, -0.2) is 16.9 Å². The Bertz CT molecular complexity index is 429. The fourth-order valence-corrected chi connectivity index (χ4v) is 1.17. The number of rotatable bonds is 4. The van der Waals surface area contributed by atoms with E-state index in [1.807, 2.05) is 0 Å². The molecule has 0 heterocycles. The maximum absolute atomic E-state index is 13.3. The molecule has 1 aromatic carbocycles. The number of alkyl halides is 2. The lowest BCUT2D eigenvalue weighted by molar-refractivity contribution is -0.135. The van der Waals surface area contributed by atoms with Gasteiger partial charge < -0.3 is 5.11 Å². The number of benzene rings is 1. The van der Waals surface area contributed by atoms with Crippen molar-refractivity contribution in [2.24, 2.45) is 0 Å². The average molecular weight is 232 g/mol. The van der Waals surface area contributed by atoms with Gasteiger partial charge in [-0.3, -0.25) is 9.59 Å². The Morgan fingerprint density at radius 1 is 1.31 bits per heavy atom. The number of Topliss-reactive ketones (excluding diaryl/α,β-unsaturated/α-hetero) is 1. The third-order valence-electron chi connectivity index (χ3n) is 1.88. The van der Waals surface area contributed by atoms with Gasteiger partial charge in [-0.15, -0.1) is 0 Å². The molecule has 0 aliphatic carbocycles. The van der Waals surface area contributed by atoms with Crippen molar-refractivity contribution in [3.8, 4) is 0 Å². The number of carbonyl (C=O) groups is 2. The van der Waals surface area contributed by atoms with Crippen molar-refractivity contribution >= 4 is 11.8 Å². The number of carbonyl (C=O) groups excluding carboxylic acids is 1. The molecule has 0 amide bonds. The Balaban J connectivity index is 3.10. The van der Waals surface area contributed by atoms with Crippen LogP contribution in [0.25, 0.3) is 0 Å². The standard InChI is InChI=1S/C10H7F3O3/c11-9-5(7(14)4-8(15)16)2-1-3-6(9)10(12)13/h1-3,10H,4H2,(H,15,16). The van der Waals surface area contributed by atoms with Crippen molar-refractivity contribution in [3.63, 3.8) is 0 Å². The summed E-state index contributed by atoms with van der Waals surface area (Å²) in [5.74, 6) is -3.83. The molecule has 0 aromatic heterocycles. The first-order chi connectivity index (χ1) is 7.43. The van der Waals surface area contributed by atoms with Crippen LogP contribution in [0.4, 0.5) is 13.2 Å². The van der Waals surface area contributed by atoms with E-state index in [9.17, 15) is 22.8 Å². The topological polar surface area (TPSA) is 54.4 Å². The van der Waals surface area contributed by atoms with Crippen LogP contribution < -0.4 is 0 Å². The van der Waals surface area contributed by atoms with Crippen LogP contribution in [0.5, 0.6) is 0 Å². The van der Waals surface area contributed by atoms with Gasteiger partial charge in [-0.1, -0.05) is 12.1 Å². The van der Waals surface area contributed by atoms with Crippen molar-refractivity contribution in [1.29, 1.82) is 0 Å². The predicted octanol–water partition coefficient (Wildman–Crippen LogP) is 2.42. The molecule has 86 valence electrons. The third-order valence-corrected chi connectivity index (χ3v) is 1.88. The molecule has 3 nitrogen and oxygen atoms in total. The minimum Gasteiger partial charge on any atom is -0.481 e. The molecule has 0 fully saturated rings. The monoisotopic (exact) mass is 232 g/mol. The summed E-state index contributed by atoms with van der Waals surface area (Å²) >= 11 is 0. The van der Waals surface area contributed by atoms with Crippen molar-refractivity contribution in [3.05, 3.63) is 35.1 Å². The zero-order chi connectivity index (χ0) is 12.3. The first-order valence-corrected chi connectivity index (χ1v) is 4.25. The van der Waals surface area contributed by atoms with E-state index in [2.05, 4.69) is 0 Å². The molecule has 6 heteroatoms. The summed E-state index contributed by atoms with van der Waals surface area (Å²) in [6.07, 6.45) is -3.97. The van der Waals surface area contributed by atoms with Crippen molar-refractivity contribution in [2.75, 3.05) is 0 Å². The van der Waals surface area contributed by atoms with E-state index >= 15 is 0 Å². The highest BCUT2D eigenvalue weighted by atomic mass is 19.3. The Hall–Kier alpha value is -1.85. The molecular formula is C10H7F3O3. The van der Waals surface area contributed by atoms with Crippen molar-refractivity contribution in [1.82, 2.24) is 0 Å². The number of hydrogen-bond donors (Lipinski definition) is 1. The Morgan fingerprint density at radius 2 is 1.94 bits per heavy atom. The van der Waals surface area contributed by atoms with Crippen LogP contribution in [0.2, 0.25) is 0 Å². The molecule has 0 bridgehead atoms. The van der Waals surface area contributed by atoms with E-state index in [0.717, 1.165) is 18.2 Å². The summed E-state index contributed by atoms with van der Waals surface area (Å²) in [4.78, 5) is 21.4. The molecule has 0 saturated heterocycles. The summed E-state index contributed by atoms with van der Waals surface area (Å²) in [6, 6.07) is 2.91. The molecule has 0 aliphatic heterocycles. The van der Waals surface area contributed by atoms with Crippen LogP contribution in [-0.2, 0) is 4.79 Å². The van der Waals surface area contributed by atoms with E-state index < -0.39 is 41.5 Å². The number of hydrogen-bond acceptors (Lipinski definition) is 2. The Kier molecular flexibility index (Phi) is 3.65. The van der Waals surface area contributed by atoms with E-state index in [-0.39, 0.29) is 0 Å². The molecule has 0 atom stereocenters. The second kappa shape index (κ2) is 4.78. The lowest BCUT2D eigenvalue weighted by Gasteiger charge is -2.05. The van der Waals surface area contributed by atoms with E-state index in [0.29, 0.717) is 0 Å². The maximum atomic E-state index is 13.3. The Morgan fingerprint density at radius 3 is 2.44 bits per heavy atom. The lowest BCUT2D eigenvalue weighted by Crippen LogP contribution is -2.10. The second-order valence-corrected chi connectivity index (χ2v) is 3.00. The molecule has 0 unspecified atom stereocenters. The van der Waals surface area contributed by atoms with Gasteiger partial charge in [0.05, 0.1) is 11.1 Å². The molecule has 0 spiro atoms. The fraction of sp³-hybridized carbons (Fsp3) is 0.200. The summed E-state index contributed by atoms with van der Waals surface area (Å²) in [5, 5.41) is 8.32. The highest BCUT2D eigenvalue weighted by Gasteiger charge is 2.21. The van der Waals surface area contributed by atoms with Crippen LogP contribution in [0.1, 0.15) is 28.8 Å². The molecule has 16 heavy (non-hydrogen) atoms. The van der Waals surface area contributed by atoms with Crippen LogP contribution in [0, 0.1) is 5.82 Å². The molecular weight excluding hydrogens is 225 g/mol. The van der Waals surface area contributed by atoms with Crippen molar-refractivity contribution in [2.45, 2.75) is 12.8 Å². The van der Waals surface area contributed by atoms with Gasteiger partial charge in [-0.05, 0) is 6.07 Å². The van der Waals surface area contributed by atoms with Crippen LogP contribution in [0.15, 0.2) is 18.2 Å². The molecule has 0 saturated carbocycles. The van der Waals surface area contributed by atoms with Gasteiger partial charge in [0.1, 0.15) is 12.2 Å². The summed E-state index contributed by atoms with van der Waals surface area (Å²) in [5.41, 5.74) is -1.53. The quantitative estimate of drug-likeness (QED) is 0.640. The summed E-state index contributed by atoms with van der Waals surface area (Å²) in [6.45, 7) is 0. The normalized spacial score (nSPS) is 10.5. The smallest absolute Gasteiger partial charge is 0.311 e. The second-order valence-electron chi connectivity index (χ2n) is 3.00. The summed E-state index contributed by atoms with van der Waals surface area (Å²) < 4.78 is 37.9. The van der Waals surface area contributed by atoms with Gasteiger partial charge in [-0.25, -0.2) is 13.2 Å². The number of carboxylic acid groups (broad SMARTS) is 1. The molecule has 1 N–H and O–H groups in total. The third kappa shape index (κ3) is 2.59. The van der Waals surface area contributed by atoms with E-state index in [4.69, 9.17) is 5.11 Å². The van der Waals surface area contributed by atoms with E-state index in [1.165, 1.54) is 0 Å². The average Bonchev–Trinajstić information content (AvgIpc) is 2.16. The number of carboxylic acids is 1. The Labute approximate surface area is 88.5 Å². The minimum atomic E-state index is -3.04. The number of ketones is 1. The first kappa shape index (κ1) is 12.2. The molecule has 0 radical (unpaired) electrons. The first-order valence-electron chi connectivity index (χ1n) is 4.25. The van der Waals surface area contributed by atoms with E-state index in [1.54, 1.807) is 0 Å². The van der Waals surface area contributed by atoms with Crippen LogP contribution >= 0.6 is 0 Å². The zero-order valence-electron chi connectivity index (χ0n) is 7.91. The largest absolute Gasteiger partial charge is 0.481 e.